The topological polar surface area (TPSA) is 70.2 Å². The van der Waals surface area contributed by atoms with Crippen LogP contribution in [0.2, 0.25) is 0 Å². The average molecular weight is 181 g/mol. The molecule has 0 aliphatic carbocycles. The maximum absolute atomic E-state index is 10.7. The third-order valence-electron chi connectivity index (χ3n) is 2.10. The number of aldehydes is 1. The molecule has 1 aromatic heterocycles. The molecule has 0 aliphatic heterocycles. The quantitative estimate of drug-likeness (QED) is 0.692. The van der Waals surface area contributed by atoms with Gasteiger partial charge in [0.1, 0.15) is 5.69 Å². The molecule has 0 fully saturated rings. The van der Waals surface area contributed by atoms with Crippen molar-refractivity contribution in [2.75, 3.05) is 0 Å². The summed E-state index contributed by atoms with van der Waals surface area (Å²) in [4.78, 5) is 23.8. The number of hydrogen-bond donors (Lipinski definition) is 2. The molecule has 0 saturated heterocycles. The van der Waals surface area contributed by atoms with Crippen LogP contribution in [0.15, 0.2) is 0 Å². The van der Waals surface area contributed by atoms with Crippen molar-refractivity contribution in [3.05, 3.63) is 22.5 Å². The van der Waals surface area contributed by atoms with Crippen LogP contribution in [0, 0.1) is 6.92 Å². The molecular weight excluding hydrogens is 170 g/mol. The Morgan fingerprint density at radius 1 is 1.62 bits per heavy atom. The Hall–Kier alpha value is -1.58. The molecule has 1 rings (SSSR count). The second-order valence-electron chi connectivity index (χ2n) is 2.79. The zero-order chi connectivity index (χ0) is 10.0. The number of H-pyrrole nitrogens is 1. The van der Waals surface area contributed by atoms with Gasteiger partial charge in [-0.3, -0.25) is 4.79 Å². The molecule has 0 spiro atoms. The highest BCUT2D eigenvalue weighted by Gasteiger charge is 2.16. The number of hydrogen-bond acceptors (Lipinski definition) is 2. The summed E-state index contributed by atoms with van der Waals surface area (Å²) in [5.74, 6) is -1.02. The zero-order valence-electron chi connectivity index (χ0n) is 7.55. The standard InChI is InChI=1S/C9H11NO3/c1-3-6-5(2)7(4-11)10-8(6)9(12)13/h4,10H,3H2,1-2H3,(H,12,13). The Morgan fingerprint density at radius 2 is 2.23 bits per heavy atom. The molecule has 70 valence electrons. The Bertz CT molecular complexity index is 352. The molecule has 0 saturated carbocycles. The molecule has 0 bridgehead atoms. The summed E-state index contributed by atoms with van der Waals surface area (Å²) < 4.78 is 0. The number of rotatable bonds is 3. The monoisotopic (exact) mass is 181 g/mol. The molecule has 0 amide bonds. The first kappa shape index (κ1) is 9.51. The second kappa shape index (κ2) is 3.43. The highest BCUT2D eigenvalue weighted by molar-refractivity contribution is 5.90. The number of carbonyl (C=O) groups excluding carboxylic acids is 1. The van der Waals surface area contributed by atoms with E-state index in [0.717, 1.165) is 5.56 Å². The molecule has 0 aliphatic rings. The normalized spacial score (nSPS) is 10.0. The average Bonchev–Trinajstić information content (AvgIpc) is 2.42. The fourth-order valence-electron chi connectivity index (χ4n) is 1.40. The molecular formula is C9H11NO3. The maximum Gasteiger partial charge on any atom is 0.352 e. The molecule has 1 aromatic rings. The first-order valence-corrected chi connectivity index (χ1v) is 4.01. The Morgan fingerprint density at radius 3 is 2.54 bits per heavy atom. The van der Waals surface area contributed by atoms with E-state index in [1.165, 1.54) is 0 Å². The first-order chi connectivity index (χ1) is 6.11. The van der Waals surface area contributed by atoms with Crippen LogP contribution in [0.4, 0.5) is 0 Å². The van der Waals surface area contributed by atoms with Crippen molar-refractivity contribution >= 4 is 12.3 Å². The Kier molecular flexibility index (Phi) is 2.51. The van der Waals surface area contributed by atoms with Crippen LogP contribution in [-0.4, -0.2) is 22.3 Å². The number of nitrogens with one attached hydrogen (secondary N) is 1. The maximum atomic E-state index is 10.7. The lowest BCUT2D eigenvalue weighted by atomic mass is 10.1. The first-order valence-electron chi connectivity index (χ1n) is 4.01. The summed E-state index contributed by atoms with van der Waals surface area (Å²) in [5, 5.41) is 8.78. The molecule has 2 N–H and O–H groups in total. The summed E-state index contributed by atoms with van der Waals surface area (Å²) >= 11 is 0. The Labute approximate surface area is 75.6 Å². The van der Waals surface area contributed by atoms with E-state index >= 15 is 0 Å². The third kappa shape index (κ3) is 1.47. The van der Waals surface area contributed by atoms with Gasteiger partial charge in [-0.25, -0.2) is 4.79 Å². The van der Waals surface area contributed by atoms with Crippen molar-refractivity contribution < 1.29 is 14.7 Å². The highest BCUT2D eigenvalue weighted by atomic mass is 16.4. The molecule has 0 atom stereocenters. The van der Waals surface area contributed by atoms with Gasteiger partial charge in [0.05, 0.1) is 5.69 Å². The van der Waals surface area contributed by atoms with Crippen LogP contribution in [0.25, 0.3) is 0 Å². The van der Waals surface area contributed by atoms with Gasteiger partial charge in [-0.05, 0) is 24.5 Å². The van der Waals surface area contributed by atoms with E-state index in [9.17, 15) is 9.59 Å². The highest BCUT2D eigenvalue weighted by Crippen LogP contribution is 2.17. The fourth-order valence-corrected chi connectivity index (χ4v) is 1.40. The van der Waals surface area contributed by atoms with E-state index in [0.29, 0.717) is 24.0 Å². The summed E-state index contributed by atoms with van der Waals surface area (Å²) in [6.07, 6.45) is 1.25. The van der Waals surface area contributed by atoms with Gasteiger partial charge in [-0.2, -0.15) is 0 Å². The van der Waals surface area contributed by atoms with Crippen molar-refractivity contribution in [2.45, 2.75) is 20.3 Å². The molecule has 4 nitrogen and oxygen atoms in total. The number of aromatic amines is 1. The minimum atomic E-state index is -1.02. The number of carbonyl (C=O) groups is 2. The number of carboxylic acids is 1. The molecule has 0 aromatic carbocycles. The zero-order valence-corrected chi connectivity index (χ0v) is 7.55. The van der Waals surface area contributed by atoms with Crippen LogP contribution in [0.1, 0.15) is 39.0 Å². The lowest BCUT2D eigenvalue weighted by Crippen LogP contribution is -2.00. The fraction of sp³-hybridized carbons (Fsp3) is 0.333. The molecule has 13 heavy (non-hydrogen) atoms. The van der Waals surface area contributed by atoms with Crippen molar-refractivity contribution in [3.8, 4) is 0 Å². The minimum Gasteiger partial charge on any atom is -0.477 e. The van der Waals surface area contributed by atoms with Crippen LogP contribution >= 0.6 is 0 Å². The van der Waals surface area contributed by atoms with Gasteiger partial charge >= 0.3 is 5.97 Å². The van der Waals surface area contributed by atoms with Gasteiger partial charge in [0.2, 0.25) is 0 Å². The predicted octanol–water partition coefficient (Wildman–Crippen LogP) is 1.40. The van der Waals surface area contributed by atoms with E-state index in [-0.39, 0.29) is 5.69 Å². The van der Waals surface area contributed by atoms with Crippen LogP contribution in [-0.2, 0) is 6.42 Å². The predicted molar refractivity (Wildman–Crippen MR) is 47.3 cm³/mol. The van der Waals surface area contributed by atoms with E-state index < -0.39 is 5.97 Å². The SMILES string of the molecule is CCc1c(C(=O)O)[nH]c(C=O)c1C. The third-order valence-corrected chi connectivity index (χ3v) is 2.10. The van der Waals surface area contributed by atoms with Crippen molar-refractivity contribution in [3.63, 3.8) is 0 Å². The van der Waals surface area contributed by atoms with Gasteiger partial charge in [0, 0.05) is 0 Å². The van der Waals surface area contributed by atoms with Gasteiger partial charge < -0.3 is 10.1 Å². The summed E-state index contributed by atoms with van der Waals surface area (Å²) in [5.41, 5.74) is 1.92. The molecule has 1 heterocycles. The Balaban J connectivity index is 3.35. The largest absolute Gasteiger partial charge is 0.477 e. The van der Waals surface area contributed by atoms with Crippen molar-refractivity contribution in [2.24, 2.45) is 0 Å². The smallest absolute Gasteiger partial charge is 0.352 e. The number of aromatic carboxylic acids is 1. The van der Waals surface area contributed by atoms with Crippen molar-refractivity contribution in [1.29, 1.82) is 0 Å². The molecule has 4 heteroatoms. The second-order valence-corrected chi connectivity index (χ2v) is 2.79. The van der Waals surface area contributed by atoms with Gasteiger partial charge in [0.25, 0.3) is 0 Å². The van der Waals surface area contributed by atoms with Crippen LogP contribution in [0.3, 0.4) is 0 Å². The van der Waals surface area contributed by atoms with Gasteiger partial charge in [0.15, 0.2) is 6.29 Å². The van der Waals surface area contributed by atoms with Crippen molar-refractivity contribution in [1.82, 2.24) is 4.98 Å². The summed E-state index contributed by atoms with van der Waals surface area (Å²) in [7, 11) is 0. The number of aromatic nitrogens is 1. The molecule has 0 unspecified atom stereocenters. The van der Waals surface area contributed by atoms with E-state index in [1.54, 1.807) is 6.92 Å². The van der Waals surface area contributed by atoms with Gasteiger partial charge in [-0.1, -0.05) is 6.92 Å². The van der Waals surface area contributed by atoms with Gasteiger partial charge in [-0.15, -0.1) is 0 Å². The minimum absolute atomic E-state index is 0.127. The van der Waals surface area contributed by atoms with E-state index in [2.05, 4.69) is 4.98 Å². The summed E-state index contributed by atoms with van der Waals surface area (Å²) in [6, 6.07) is 0. The lowest BCUT2D eigenvalue weighted by Gasteiger charge is -1.95. The van der Waals surface area contributed by atoms with Crippen LogP contribution < -0.4 is 0 Å². The number of carboxylic acid groups (broad SMARTS) is 1. The van der Waals surface area contributed by atoms with E-state index in [4.69, 9.17) is 5.11 Å². The lowest BCUT2D eigenvalue weighted by molar-refractivity contribution is 0.0690. The molecule has 0 radical (unpaired) electrons. The van der Waals surface area contributed by atoms with Crippen LogP contribution in [0.5, 0.6) is 0 Å². The van der Waals surface area contributed by atoms with E-state index in [1.807, 2.05) is 6.92 Å². The summed E-state index contributed by atoms with van der Waals surface area (Å²) in [6.45, 7) is 3.60.